The van der Waals surface area contributed by atoms with Crippen molar-refractivity contribution in [2.45, 2.75) is 45.2 Å². The zero-order valence-corrected chi connectivity index (χ0v) is 13.4. The van der Waals surface area contributed by atoms with Crippen molar-refractivity contribution < 1.29 is 0 Å². The normalized spacial score (nSPS) is 20.7. The van der Waals surface area contributed by atoms with Gasteiger partial charge >= 0.3 is 0 Å². The minimum Gasteiger partial charge on any atom is -0.367 e. The average Bonchev–Trinajstić information content (AvgIpc) is 2.75. The molecule has 1 aromatic carbocycles. The first-order valence-electron chi connectivity index (χ1n) is 7.74. The maximum Gasteiger partial charge on any atom is 0.0417 e. The van der Waals surface area contributed by atoms with Crippen molar-refractivity contribution in [3.63, 3.8) is 0 Å². The number of hydrogen-bond donors (Lipinski definition) is 1. The number of rotatable bonds is 5. The van der Waals surface area contributed by atoms with E-state index in [4.69, 9.17) is 5.73 Å². The number of anilines is 1. The van der Waals surface area contributed by atoms with Gasteiger partial charge in [0, 0.05) is 30.9 Å². The number of hydrogen-bond acceptors (Lipinski definition) is 3. The van der Waals surface area contributed by atoms with Gasteiger partial charge in [0.2, 0.25) is 0 Å². The maximum atomic E-state index is 6.03. The summed E-state index contributed by atoms with van der Waals surface area (Å²) in [5.41, 5.74) is 10.2. The molecule has 0 spiro atoms. The van der Waals surface area contributed by atoms with Gasteiger partial charge in [-0.3, -0.25) is 0 Å². The van der Waals surface area contributed by atoms with Gasteiger partial charge < -0.3 is 15.5 Å². The molecule has 112 valence electrons. The van der Waals surface area contributed by atoms with Gasteiger partial charge in [-0.15, -0.1) is 0 Å². The van der Waals surface area contributed by atoms with Crippen molar-refractivity contribution in [2.24, 2.45) is 5.73 Å². The second-order valence-corrected chi connectivity index (χ2v) is 6.57. The van der Waals surface area contributed by atoms with Gasteiger partial charge in [-0.25, -0.2) is 0 Å². The molecule has 0 saturated carbocycles. The molecule has 2 atom stereocenters. The lowest BCUT2D eigenvalue weighted by molar-refractivity contribution is 0.372. The molecule has 20 heavy (non-hydrogen) atoms. The second-order valence-electron chi connectivity index (χ2n) is 6.57. The van der Waals surface area contributed by atoms with Crippen molar-refractivity contribution in [3.8, 4) is 0 Å². The molecule has 1 fully saturated rings. The van der Waals surface area contributed by atoms with E-state index in [0.717, 1.165) is 13.0 Å². The van der Waals surface area contributed by atoms with Crippen LogP contribution in [0.1, 0.15) is 30.9 Å². The molecule has 0 bridgehead atoms. The Kier molecular flexibility index (Phi) is 5.06. The predicted octanol–water partition coefficient (Wildman–Crippen LogP) is 2.42. The molecular weight excluding hydrogens is 246 g/mol. The molecule has 2 N–H and O–H groups in total. The van der Waals surface area contributed by atoms with Crippen LogP contribution in [-0.4, -0.2) is 44.2 Å². The van der Waals surface area contributed by atoms with Crippen LogP contribution in [0.3, 0.4) is 0 Å². The Bertz CT molecular complexity index is 440. The van der Waals surface area contributed by atoms with Crippen molar-refractivity contribution in [2.75, 3.05) is 32.1 Å². The summed E-state index contributed by atoms with van der Waals surface area (Å²) in [6.07, 6.45) is 3.55. The summed E-state index contributed by atoms with van der Waals surface area (Å²) >= 11 is 0. The highest BCUT2D eigenvalue weighted by atomic mass is 15.2. The molecule has 3 nitrogen and oxygen atoms in total. The van der Waals surface area contributed by atoms with E-state index in [9.17, 15) is 0 Å². The number of benzene rings is 1. The molecule has 1 aromatic rings. The fourth-order valence-electron chi connectivity index (χ4n) is 3.27. The van der Waals surface area contributed by atoms with E-state index >= 15 is 0 Å². The summed E-state index contributed by atoms with van der Waals surface area (Å²) in [5.74, 6) is 0. The highest BCUT2D eigenvalue weighted by molar-refractivity contribution is 5.57. The molecule has 1 aliphatic rings. The topological polar surface area (TPSA) is 32.5 Å². The Labute approximate surface area is 123 Å². The van der Waals surface area contributed by atoms with Crippen LogP contribution >= 0.6 is 0 Å². The molecule has 0 aromatic heterocycles. The van der Waals surface area contributed by atoms with E-state index in [0.29, 0.717) is 6.04 Å². The fourth-order valence-corrected chi connectivity index (χ4v) is 3.27. The summed E-state index contributed by atoms with van der Waals surface area (Å²) in [6.45, 7) is 6.56. The second kappa shape index (κ2) is 6.59. The van der Waals surface area contributed by atoms with Gasteiger partial charge in [-0.2, -0.15) is 0 Å². The van der Waals surface area contributed by atoms with E-state index in [2.05, 4.69) is 55.9 Å². The third-order valence-corrected chi connectivity index (χ3v) is 4.04. The van der Waals surface area contributed by atoms with E-state index in [1.807, 2.05) is 0 Å². The van der Waals surface area contributed by atoms with Crippen molar-refractivity contribution in [1.82, 2.24) is 4.90 Å². The zero-order valence-electron chi connectivity index (χ0n) is 13.4. The first kappa shape index (κ1) is 15.3. The van der Waals surface area contributed by atoms with Gasteiger partial charge in [-0.05, 0) is 58.8 Å². The van der Waals surface area contributed by atoms with Gasteiger partial charge in [-0.1, -0.05) is 17.7 Å². The molecule has 2 unspecified atom stereocenters. The Balaban J connectivity index is 2.26. The standard InChI is InChI=1S/C17H29N3/c1-13-7-8-17(15(10-13)11-14(2)18)20-9-5-6-16(20)12-19(3)4/h7-8,10,14,16H,5-6,9,11-12,18H2,1-4H3. The monoisotopic (exact) mass is 275 g/mol. The van der Waals surface area contributed by atoms with Crippen molar-refractivity contribution >= 4 is 5.69 Å². The third kappa shape index (κ3) is 3.74. The average molecular weight is 275 g/mol. The summed E-state index contributed by atoms with van der Waals surface area (Å²) < 4.78 is 0. The van der Waals surface area contributed by atoms with Gasteiger partial charge in [0.1, 0.15) is 0 Å². The lowest BCUT2D eigenvalue weighted by Gasteiger charge is -2.31. The highest BCUT2D eigenvalue weighted by Crippen LogP contribution is 2.30. The van der Waals surface area contributed by atoms with E-state index in [1.165, 1.54) is 36.2 Å². The minimum absolute atomic E-state index is 0.213. The van der Waals surface area contributed by atoms with Crippen molar-refractivity contribution in [1.29, 1.82) is 0 Å². The van der Waals surface area contributed by atoms with Crippen LogP contribution in [0.5, 0.6) is 0 Å². The lowest BCUT2D eigenvalue weighted by Crippen LogP contribution is -2.38. The van der Waals surface area contributed by atoms with Crippen LogP contribution in [0.2, 0.25) is 0 Å². The number of aryl methyl sites for hydroxylation is 1. The van der Waals surface area contributed by atoms with Crippen LogP contribution in [0.15, 0.2) is 18.2 Å². The lowest BCUT2D eigenvalue weighted by atomic mass is 10.0. The van der Waals surface area contributed by atoms with E-state index in [1.54, 1.807) is 0 Å². The van der Waals surface area contributed by atoms with E-state index < -0.39 is 0 Å². The third-order valence-electron chi connectivity index (χ3n) is 4.04. The largest absolute Gasteiger partial charge is 0.367 e. The van der Waals surface area contributed by atoms with Crippen LogP contribution in [-0.2, 0) is 6.42 Å². The quantitative estimate of drug-likeness (QED) is 0.896. The van der Waals surface area contributed by atoms with Crippen LogP contribution in [0.4, 0.5) is 5.69 Å². The minimum atomic E-state index is 0.213. The van der Waals surface area contributed by atoms with E-state index in [-0.39, 0.29) is 6.04 Å². The Hall–Kier alpha value is -1.06. The summed E-state index contributed by atoms with van der Waals surface area (Å²) in [7, 11) is 4.32. The molecule has 0 radical (unpaired) electrons. The molecule has 3 heteroatoms. The Morgan fingerprint density at radius 2 is 2.15 bits per heavy atom. The number of likely N-dealkylation sites (N-methyl/N-ethyl adjacent to an activating group) is 1. The van der Waals surface area contributed by atoms with Gasteiger partial charge in [0.25, 0.3) is 0 Å². The molecule has 1 saturated heterocycles. The summed E-state index contributed by atoms with van der Waals surface area (Å²) in [5, 5.41) is 0. The zero-order chi connectivity index (χ0) is 14.7. The molecule has 2 rings (SSSR count). The molecular formula is C17H29N3. The first-order chi connectivity index (χ1) is 9.47. The summed E-state index contributed by atoms with van der Waals surface area (Å²) in [4.78, 5) is 4.89. The van der Waals surface area contributed by atoms with Crippen LogP contribution < -0.4 is 10.6 Å². The highest BCUT2D eigenvalue weighted by Gasteiger charge is 2.26. The first-order valence-corrected chi connectivity index (χ1v) is 7.74. The van der Waals surface area contributed by atoms with Gasteiger partial charge in [0.05, 0.1) is 0 Å². The van der Waals surface area contributed by atoms with Gasteiger partial charge in [0.15, 0.2) is 0 Å². The fraction of sp³-hybridized carbons (Fsp3) is 0.647. The van der Waals surface area contributed by atoms with Crippen LogP contribution in [0, 0.1) is 6.92 Å². The van der Waals surface area contributed by atoms with Crippen molar-refractivity contribution in [3.05, 3.63) is 29.3 Å². The maximum absolute atomic E-state index is 6.03. The molecule has 1 aliphatic heterocycles. The molecule has 0 aliphatic carbocycles. The molecule has 1 heterocycles. The SMILES string of the molecule is Cc1ccc(N2CCCC2CN(C)C)c(CC(C)N)c1. The Morgan fingerprint density at radius 3 is 2.80 bits per heavy atom. The number of nitrogens with two attached hydrogens (primary N) is 1. The smallest absolute Gasteiger partial charge is 0.0417 e. The molecule has 0 amide bonds. The Morgan fingerprint density at radius 1 is 1.40 bits per heavy atom. The number of nitrogens with zero attached hydrogens (tertiary/aromatic N) is 2. The summed E-state index contributed by atoms with van der Waals surface area (Å²) in [6, 6.07) is 7.68. The van der Waals surface area contributed by atoms with Crippen LogP contribution in [0.25, 0.3) is 0 Å². The predicted molar refractivity (Wildman–Crippen MR) is 87.5 cm³/mol.